The fourth-order valence-corrected chi connectivity index (χ4v) is 4.31. The molecule has 0 aliphatic carbocycles. The first-order valence-electron chi connectivity index (χ1n) is 10.1. The number of hydrogen-bond acceptors (Lipinski definition) is 4. The number of aliphatic hydroxyl groups is 1. The van der Waals surface area contributed by atoms with E-state index >= 15 is 0 Å². The fraction of sp³-hybridized carbons (Fsp3) is 0.111. The van der Waals surface area contributed by atoms with Crippen molar-refractivity contribution in [2.45, 2.75) is 22.5 Å². The van der Waals surface area contributed by atoms with E-state index < -0.39 is 6.10 Å². The van der Waals surface area contributed by atoms with Gasteiger partial charge in [0.2, 0.25) is 0 Å². The van der Waals surface area contributed by atoms with Crippen LogP contribution in [0, 0.1) is 0 Å². The Morgan fingerprint density at radius 1 is 0.774 bits per heavy atom. The summed E-state index contributed by atoms with van der Waals surface area (Å²) in [6.45, 7) is 0.482. The Kier molecular flexibility index (Phi) is 6.92. The molecule has 0 saturated carbocycles. The summed E-state index contributed by atoms with van der Waals surface area (Å²) >= 11 is 1.59. The van der Waals surface area contributed by atoms with Gasteiger partial charge < -0.3 is 14.6 Å². The molecule has 4 heteroatoms. The predicted octanol–water partition coefficient (Wildman–Crippen LogP) is 6.51. The highest BCUT2D eigenvalue weighted by molar-refractivity contribution is 7.99. The van der Waals surface area contributed by atoms with Crippen LogP contribution >= 0.6 is 11.8 Å². The number of benzene rings is 4. The molecule has 0 radical (unpaired) electrons. The minimum absolute atomic E-state index is 0.482. The molecule has 0 aliphatic heterocycles. The van der Waals surface area contributed by atoms with Crippen molar-refractivity contribution in [3.63, 3.8) is 0 Å². The molecule has 0 heterocycles. The first-order chi connectivity index (χ1) is 15.2. The van der Waals surface area contributed by atoms with E-state index in [4.69, 9.17) is 9.47 Å². The summed E-state index contributed by atoms with van der Waals surface area (Å²) in [7, 11) is 1.65. The quantitative estimate of drug-likeness (QED) is 0.347. The Morgan fingerprint density at radius 3 is 2.19 bits per heavy atom. The Bertz CT molecular complexity index is 1110. The predicted molar refractivity (Wildman–Crippen MR) is 125 cm³/mol. The van der Waals surface area contributed by atoms with Crippen molar-refractivity contribution in [1.29, 1.82) is 0 Å². The van der Waals surface area contributed by atoms with Crippen molar-refractivity contribution in [3.05, 3.63) is 120 Å². The van der Waals surface area contributed by atoms with Gasteiger partial charge in [0, 0.05) is 9.79 Å². The third-order valence-electron chi connectivity index (χ3n) is 4.93. The lowest BCUT2D eigenvalue weighted by Gasteiger charge is -2.16. The van der Waals surface area contributed by atoms with E-state index in [2.05, 4.69) is 0 Å². The average Bonchev–Trinajstić information content (AvgIpc) is 2.84. The summed E-state index contributed by atoms with van der Waals surface area (Å²) in [4.78, 5) is 2.01. The van der Waals surface area contributed by atoms with E-state index in [9.17, 15) is 5.11 Å². The van der Waals surface area contributed by atoms with Gasteiger partial charge in [-0.1, -0.05) is 90.6 Å². The van der Waals surface area contributed by atoms with Gasteiger partial charge in [-0.25, -0.2) is 0 Å². The molecule has 156 valence electrons. The second-order valence-electron chi connectivity index (χ2n) is 7.04. The van der Waals surface area contributed by atoms with Gasteiger partial charge in [-0.05, 0) is 41.0 Å². The minimum Gasteiger partial charge on any atom is -0.493 e. The molecule has 0 saturated heterocycles. The SMILES string of the molecule is COc1cc(Sc2ccccc2C(O)c2ccccc2)ccc1OCc1ccccc1. The van der Waals surface area contributed by atoms with E-state index in [1.165, 1.54) is 0 Å². The molecule has 0 aliphatic rings. The maximum absolute atomic E-state index is 10.9. The van der Waals surface area contributed by atoms with Crippen LogP contribution in [0.1, 0.15) is 22.8 Å². The minimum atomic E-state index is -0.680. The molecular weight excluding hydrogens is 404 g/mol. The zero-order valence-electron chi connectivity index (χ0n) is 17.3. The number of methoxy groups -OCH3 is 1. The van der Waals surface area contributed by atoms with Gasteiger partial charge in [0.1, 0.15) is 12.7 Å². The van der Waals surface area contributed by atoms with Crippen molar-refractivity contribution < 1.29 is 14.6 Å². The molecule has 0 fully saturated rings. The molecule has 0 aromatic heterocycles. The van der Waals surface area contributed by atoms with Crippen LogP contribution in [0.2, 0.25) is 0 Å². The molecular formula is C27H24O3S. The number of rotatable bonds is 8. The van der Waals surface area contributed by atoms with Crippen LogP contribution < -0.4 is 9.47 Å². The molecule has 0 amide bonds. The summed E-state index contributed by atoms with van der Waals surface area (Å²) in [5.41, 5.74) is 2.85. The lowest BCUT2D eigenvalue weighted by atomic mass is 10.0. The molecule has 31 heavy (non-hydrogen) atoms. The smallest absolute Gasteiger partial charge is 0.161 e. The van der Waals surface area contributed by atoms with Crippen molar-refractivity contribution in [2.24, 2.45) is 0 Å². The lowest BCUT2D eigenvalue weighted by Crippen LogP contribution is -2.01. The highest BCUT2D eigenvalue weighted by Crippen LogP contribution is 2.39. The van der Waals surface area contributed by atoms with Crippen molar-refractivity contribution in [2.75, 3.05) is 7.11 Å². The largest absolute Gasteiger partial charge is 0.493 e. The molecule has 3 nitrogen and oxygen atoms in total. The maximum atomic E-state index is 10.9. The van der Waals surface area contributed by atoms with Crippen molar-refractivity contribution in [1.82, 2.24) is 0 Å². The number of aliphatic hydroxyl groups excluding tert-OH is 1. The normalized spacial score (nSPS) is 11.7. The van der Waals surface area contributed by atoms with Crippen molar-refractivity contribution >= 4 is 11.8 Å². The van der Waals surface area contributed by atoms with Crippen LogP contribution in [0.3, 0.4) is 0 Å². The highest BCUT2D eigenvalue weighted by atomic mass is 32.2. The summed E-state index contributed by atoms with van der Waals surface area (Å²) in [5.74, 6) is 1.38. The Hall–Kier alpha value is -3.21. The monoisotopic (exact) mass is 428 g/mol. The zero-order chi connectivity index (χ0) is 21.5. The number of ether oxygens (including phenoxy) is 2. The summed E-state index contributed by atoms with van der Waals surface area (Å²) in [6, 6.07) is 33.6. The maximum Gasteiger partial charge on any atom is 0.161 e. The topological polar surface area (TPSA) is 38.7 Å². The van der Waals surface area contributed by atoms with E-state index in [1.807, 2.05) is 103 Å². The van der Waals surface area contributed by atoms with Crippen LogP contribution in [0.15, 0.2) is 113 Å². The van der Waals surface area contributed by atoms with Crippen LogP contribution in [0.25, 0.3) is 0 Å². The van der Waals surface area contributed by atoms with Crippen LogP contribution in [-0.2, 0) is 6.61 Å². The zero-order valence-corrected chi connectivity index (χ0v) is 18.1. The average molecular weight is 429 g/mol. The van der Waals surface area contributed by atoms with Crippen LogP contribution in [0.4, 0.5) is 0 Å². The molecule has 0 spiro atoms. The van der Waals surface area contributed by atoms with Crippen molar-refractivity contribution in [3.8, 4) is 11.5 Å². The Morgan fingerprint density at radius 2 is 1.45 bits per heavy atom. The Labute approximate surface area is 187 Å². The van der Waals surface area contributed by atoms with Crippen LogP contribution in [0.5, 0.6) is 11.5 Å². The first kappa shape index (κ1) is 21.0. The molecule has 4 aromatic carbocycles. The van der Waals surface area contributed by atoms with Gasteiger partial charge in [0.05, 0.1) is 7.11 Å². The number of hydrogen-bond donors (Lipinski definition) is 1. The van der Waals surface area contributed by atoms with E-state index in [0.717, 1.165) is 26.5 Å². The molecule has 4 rings (SSSR count). The van der Waals surface area contributed by atoms with Crippen LogP contribution in [-0.4, -0.2) is 12.2 Å². The summed E-state index contributed by atoms with van der Waals surface area (Å²) < 4.78 is 11.5. The van der Waals surface area contributed by atoms with Gasteiger partial charge in [-0.2, -0.15) is 0 Å². The second-order valence-corrected chi connectivity index (χ2v) is 8.16. The third-order valence-corrected chi connectivity index (χ3v) is 6.01. The molecule has 0 bridgehead atoms. The third kappa shape index (κ3) is 5.29. The highest BCUT2D eigenvalue weighted by Gasteiger charge is 2.16. The van der Waals surface area contributed by atoms with Gasteiger partial charge >= 0.3 is 0 Å². The van der Waals surface area contributed by atoms with Gasteiger partial charge in [0.25, 0.3) is 0 Å². The van der Waals surface area contributed by atoms with Gasteiger partial charge in [0.15, 0.2) is 11.5 Å². The molecule has 1 N–H and O–H groups in total. The molecule has 1 atom stereocenters. The van der Waals surface area contributed by atoms with E-state index in [-0.39, 0.29) is 0 Å². The molecule has 1 unspecified atom stereocenters. The summed E-state index contributed by atoms with van der Waals surface area (Å²) in [5, 5.41) is 10.9. The lowest BCUT2D eigenvalue weighted by molar-refractivity contribution is 0.217. The fourth-order valence-electron chi connectivity index (χ4n) is 3.31. The standard InChI is InChI=1S/C27H24O3S/c1-29-25-18-22(16-17-24(25)30-19-20-10-4-2-5-11-20)31-26-15-9-8-14-23(26)27(28)21-12-6-3-7-13-21/h2-18,27-28H,19H2,1H3. The molecule has 4 aromatic rings. The van der Waals surface area contributed by atoms with E-state index in [0.29, 0.717) is 18.1 Å². The second kappa shape index (κ2) is 10.2. The van der Waals surface area contributed by atoms with Gasteiger partial charge in [-0.3, -0.25) is 0 Å². The Balaban J connectivity index is 1.53. The summed E-state index contributed by atoms with van der Waals surface area (Å²) in [6.07, 6.45) is -0.680. The van der Waals surface area contributed by atoms with Gasteiger partial charge in [-0.15, -0.1) is 0 Å². The first-order valence-corrected chi connectivity index (χ1v) is 10.9. The van der Waals surface area contributed by atoms with E-state index in [1.54, 1.807) is 18.9 Å².